The minimum Gasteiger partial charge on any atom is -0.393 e. The fourth-order valence-corrected chi connectivity index (χ4v) is 2.63. The highest BCUT2D eigenvalue weighted by Crippen LogP contribution is 2.41. The largest absolute Gasteiger partial charge is 0.393 e. The lowest BCUT2D eigenvalue weighted by Gasteiger charge is -2.56. The van der Waals surface area contributed by atoms with Gasteiger partial charge in [-0.3, -0.25) is 4.90 Å². The highest BCUT2D eigenvalue weighted by Gasteiger charge is 2.45. The number of nitrogens with zero attached hydrogens (tertiary/aromatic N) is 1. The molecule has 1 saturated carbocycles. The smallest absolute Gasteiger partial charge is 0.0570 e. The van der Waals surface area contributed by atoms with Crippen molar-refractivity contribution >= 4 is 0 Å². The summed E-state index contributed by atoms with van der Waals surface area (Å²) in [6.45, 7) is 7.15. The van der Waals surface area contributed by atoms with Crippen LogP contribution in [-0.4, -0.2) is 35.2 Å². The number of likely N-dealkylation sites (tertiary alicyclic amines) is 1. The molecule has 2 nitrogen and oxygen atoms in total. The van der Waals surface area contributed by atoms with E-state index in [0.29, 0.717) is 11.5 Å². The summed E-state index contributed by atoms with van der Waals surface area (Å²) in [5.74, 6) is 0. The van der Waals surface area contributed by atoms with Gasteiger partial charge in [-0.15, -0.1) is 0 Å². The lowest BCUT2D eigenvalue weighted by molar-refractivity contribution is -0.0926. The third-order valence-electron chi connectivity index (χ3n) is 4.18. The molecule has 0 aromatic heterocycles. The molecular formula is C11H21NO. The maximum atomic E-state index is 9.20. The average Bonchev–Trinajstić information content (AvgIpc) is 2.01. The molecular weight excluding hydrogens is 162 g/mol. The number of hydrogen-bond donors (Lipinski definition) is 1. The highest BCUT2D eigenvalue weighted by molar-refractivity contribution is 4.99. The molecule has 2 rings (SSSR count). The van der Waals surface area contributed by atoms with Crippen LogP contribution in [0.4, 0.5) is 0 Å². The molecule has 0 bridgehead atoms. The third kappa shape index (κ3) is 1.50. The van der Waals surface area contributed by atoms with Gasteiger partial charge in [0, 0.05) is 19.1 Å². The number of aliphatic hydroxyl groups is 1. The molecule has 0 unspecified atom stereocenters. The van der Waals surface area contributed by atoms with Crippen molar-refractivity contribution in [1.82, 2.24) is 4.90 Å². The van der Waals surface area contributed by atoms with E-state index in [-0.39, 0.29) is 6.10 Å². The minimum absolute atomic E-state index is 0.00301. The summed E-state index contributed by atoms with van der Waals surface area (Å²) in [5.41, 5.74) is 0.626. The van der Waals surface area contributed by atoms with Crippen molar-refractivity contribution < 1.29 is 5.11 Å². The summed E-state index contributed by atoms with van der Waals surface area (Å²) in [7, 11) is 0. The van der Waals surface area contributed by atoms with Crippen molar-refractivity contribution in [2.75, 3.05) is 13.1 Å². The Labute approximate surface area is 80.9 Å². The Morgan fingerprint density at radius 3 is 2.15 bits per heavy atom. The summed E-state index contributed by atoms with van der Waals surface area (Å²) in [4.78, 5) is 2.56. The zero-order valence-electron chi connectivity index (χ0n) is 8.79. The SMILES string of the molecule is CCC1(CC)CN(C2CC(O)C2)C1. The van der Waals surface area contributed by atoms with Gasteiger partial charge in [-0.05, 0) is 31.1 Å². The second-order valence-corrected chi connectivity index (χ2v) is 4.89. The first kappa shape index (κ1) is 9.47. The summed E-state index contributed by atoms with van der Waals surface area (Å²) >= 11 is 0. The minimum atomic E-state index is 0.00301. The Kier molecular flexibility index (Phi) is 2.37. The van der Waals surface area contributed by atoms with Gasteiger partial charge in [0.15, 0.2) is 0 Å². The van der Waals surface area contributed by atoms with Crippen LogP contribution >= 0.6 is 0 Å². The van der Waals surface area contributed by atoms with Gasteiger partial charge in [0.1, 0.15) is 0 Å². The second kappa shape index (κ2) is 3.25. The van der Waals surface area contributed by atoms with E-state index in [4.69, 9.17) is 0 Å². The van der Waals surface area contributed by atoms with Crippen LogP contribution in [0.5, 0.6) is 0 Å². The van der Waals surface area contributed by atoms with E-state index >= 15 is 0 Å². The molecule has 2 aliphatic rings. The second-order valence-electron chi connectivity index (χ2n) is 4.89. The van der Waals surface area contributed by atoms with Crippen molar-refractivity contribution in [3.05, 3.63) is 0 Å². The van der Waals surface area contributed by atoms with E-state index in [1.54, 1.807) is 0 Å². The Balaban J connectivity index is 1.77. The predicted molar refractivity (Wildman–Crippen MR) is 53.6 cm³/mol. The summed E-state index contributed by atoms with van der Waals surface area (Å²) in [6.07, 6.45) is 4.67. The van der Waals surface area contributed by atoms with Crippen molar-refractivity contribution in [3.8, 4) is 0 Å². The van der Waals surface area contributed by atoms with Crippen molar-refractivity contribution in [1.29, 1.82) is 0 Å². The maximum Gasteiger partial charge on any atom is 0.0570 e. The zero-order chi connectivity index (χ0) is 9.47. The molecule has 0 aromatic carbocycles. The third-order valence-corrected chi connectivity index (χ3v) is 4.18. The fourth-order valence-electron chi connectivity index (χ4n) is 2.63. The molecule has 2 fully saturated rings. The average molecular weight is 183 g/mol. The molecule has 1 saturated heterocycles. The van der Waals surface area contributed by atoms with Gasteiger partial charge in [-0.2, -0.15) is 0 Å². The van der Waals surface area contributed by atoms with Crippen molar-refractivity contribution in [3.63, 3.8) is 0 Å². The molecule has 13 heavy (non-hydrogen) atoms. The summed E-state index contributed by atoms with van der Waals surface area (Å²) in [6, 6.07) is 0.709. The van der Waals surface area contributed by atoms with Crippen LogP contribution in [-0.2, 0) is 0 Å². The van der Waals surface area contributed by atoms with Crippen molar-refractivity contribution in [2.24, 2.45) is 5.41 Å². The molecule has 1 aliphatic heterocycles. The summed E-state index contributed by atoms with van der Waals surface area (Å²) < 4.78 is 0. The lowest BCUT2D eigenvalue weighted by Crippen LogP contribution is -2.62. The molecule has 76 valence electrons. The number of aliphatic hydroxyl groups excluding tert-OH is 1. The van der Waals surface area contributed by atoms with E-state index < -0.39 is 0 Å². The Bertz CT molecular complexity index is 175. The van der Waals surface area contributed by atoms with Gasteiger partial charge in [-0.1, -0.05) is 13.8 Å². The number of hydrogen-bond acceptors (Lipinski definition) is 2. The molecule has 0 spiro atoms. The molecule has 0 radical (unpaired) electrons. The first-order valence-electron chi connectivity index (χ1n) is 5.61. The van der Waals surface area contributed by atoms with Gasteiger partial charge in [0.25, 0.3) is 0 Å². The fraction of sp³-hybridized carbons (Fsp3) is 1.00. The molecule has 0 atom stereocenters. The van der Waals surface area contributed by atoms with Gasteiger partial charge < -0.3 is 5.11 Å². The maximum absolute atomic E-state index is 9.20. The van der Waals surface area contributed by atoms with Gasteiger partial charge in [-0.25, -0.2) is 0 Å². The quantitative estimate of drug-likeness (QED) is 0.719. The van der Waals surface area contributed by atoms with Crippen LogP contribution in [0.3, 0.4) is 0 Å². The van der Waals surface area contributed by atoms with Crippen LogP contribution in [0, 0.1) is 5.41 Å². The predicted octanol–water partition coefficient (Wildman–Crippen LogP) is 1.63. The normalized spacial score (nSPS) is 38.1. The monoisotopic (exact) mass is 183 g/mol. The first-order chi connectivity index (χ1) is 6.19. The Morgan fingerprint density at radius 1 is 1.23 bits per heavy atom. The van der Waals surface area contributed by atoms with Crippen LogP contribution < -0.4 is 0 Å². The van der Waals surface area contributed by atoms with Gasteiger partial charge >= 0.3 is 0 Å². The molecule has 1 N–H and O–H groups in total. The number of rotatable bonds is 3. The van der Waals surface area contributed by atoms with Crippen LogP contribution in [0.2, 0.25) is 0 Å². The van der Waals surface area contributed by atoms with E-state index in [0.717, 1.165) is 12.8 Å². The van der Waals surface area contributed by atoms with E-state index in [1.165, 1.54) is 25.9 Å². The first-order valence-corrected chi connectivity index (χ1v) is 5.61. The van der Waals surface area contributed by atoms with E-state index in [9.17, 15) is 5.11 Å². The summed E-state index contributed by atoms with van der Waals surface area (Å²) in [5, 5.41) is 9.20. The van der Waals surface area contributed by atoms with Crippen LogP contribution in [0.15, 0.2) is 0 Å². The van der Waals surface area contributed by atoms with Crippen LogP contribution in [0.25, 0.3) is 0 Å². The molecule has 1 heterocycles. The van der Waals surface area contributed by atoms with Gasteiger partial charge in [0.2, 0.25) is 0 Å². The molecule has 0 aromatic rings. The molecule has 1 aliphatic carbocycles. The molecule has 0 amide bonds. The van der Waals surface area contributed by atoms with E-state index in [2.05, 4.69) is 18.7 Å². The van der Waals surface area contributed by atoms with E-state index in [1.807, 2.05) is 0 Å². The Morgan fingerprint density at radius 2 is 1.77 bits per heavy atom. The topological polar surface area (TPSA) is 23.5 Å². The highest BCUT2D eigenvalue weighted by atomic mass is 16.3. The van der Waals surface area contributed by atoms with Crippen molar-refractivity contribution in [2.45, 2.75) is 51.7 Å². The molecule has 2 heteroatoms. The Hall–Kier alpha value is -0.0800. The van der Waals surface area contributed by atoms with Crippen LogP contribution in [0.1, 0.15) is 39.5 Å². The zero-order valence-corrected chi connectivity index (χ0v) is 8.79. The standard InChI is InChI=1S/C11H21NO/c1-3-11(4-2)7-12(8-11)9-5-10(13)6-9/h9-10,13H,3-8H2,1-2H3. The lowest BCUT2D eigenvalue weighted by atomic mass is 9.72. The van der Waals surface area contributed by atoms with Gasteiger partial charge in [0.05, 0.1) is 6.10 Å².